The van der Waals surface area contributed by atoms with Crippen LogP contribution in [0.4, 0.5) is 10.1 Å². The van der Waals surface area contributed by atoms with Crippen molar-refractivity contribution in [3.63, 3.8) is 0 Å². The third kappa shape index (κ3) is 6.02. The molecule has 0 fully saturated rings. The molecular weight excluding hydrogens is 491 g/mol. The van der Waals surface area contributed by atoms with Crippen LogP contribution >= 0.6 is 0 Å². The minimum atomic E-state index is -0.765. The van der Waals surface area contributed by atoms with Crippen LogP contribution in [0.2, 0.25) is 0 Å². The number of amides is 1. The van der Waals surface area contributed by atoms with Gasteiger partial charge in [0.05, 0.1) is 19.3 Å². The van der Waals surface area contributed by atoms with E-state index in [0.29, 0.717) is 25.1 Å². The number of ketones is 1. The lowest BCUT2D eigenvalue weighted by atomic mass is 10.0. The number of Topliss-reactive ketones (excluding diaryl/α,β-unsaturated/α-hetero) is 1. The van der Waals surface area contributed by atoms with Gasteiger partial charge in [-0.2, -0.15) is 0 Å². The number of halogens is 1. The Balaban J connectivity index is 1.99. The van der Waals surface area contributed by atoms with Crippen LogP contribution in [0.15, 0.2) is 48.3 Å². The number of fused-ring (bicyclic) bond motifs is 1. The van der Waals surface area contributed by atoms with Gasteiger partial charge in [-0.25, -0.2) is 9.37 Å². The van der Waals surface area contributed by atoms with Crippen molar-refractivity contribution in [3.8, 4) is 5.75 Å². The standard InChI is InChI=1S/C28H35FN4O5/c1-6-9-14-31(4)21-15-19(29)12-10-18(21)11-13-23(34)25-26(36)28(37)33-20(7-2)16-38-17-22(27(33)30-25)32(5)24(35)8-3/h6,8,10,12,15,20,22,36H,1,3,7,9,11,13-14,16-17H2,2,4-5H3/t20-,22+/m0/s1. The molecule has 10 heteroatoms. The molecule has 2 atom stereocenters. The molecule has 9 nitrogen and oxygen atoms in total. The molecule has 38 heavy (non-hydrogen) atoms. The molecule has 204 valence electrons. The van der Waals surface area contributed by atoms with Gasteiger partial charge in [-0.05, 0) is 43.0 Å². The van der Waals surface area contributed by atoms with Crippen LogP contribution in [-0.4, -0.2) is 65.1 Å². The van der Waals surface area contributed by atoms with Crippen LogP contribution in [0.25, 0.3) is 0 Å². The highest BCUT2D eigenvalue weighted by atomic mass is 19.1. The highest BCUT2D eigenvalue weighted by Crippen LogP contribution is 2.29. The smallest absolute Gasteiger partial charge is 0.296 e. The molecule has 1 aliphatic rings. The second-order valence-electron chi connectivity index (χ2n) is 9.31. The lowest BCUT2D eigenvalue weighted by Gasteiger charge is -2.27. The molecule has 0 aliphatic carbocycles. The lowest BCUT2D eigenvalue weighted by Crippen LogP contribution is -2.38. The molecule has 0 saturated heterocycles. The predicted octanol–water partition coefficient (Wildman–Crippen LogP) is 3.58. The minimum absolute atomic E-state index is 0.0629. The van der Waals surface area contributed by atoms with Crippen LogP contribution in [0.5, 0.6) is 5.75 Å². The van der Waals surface area contributed by atoms with E-state index >= 15 is 0 Å². The van der Waals surface area contributed by atoms with E-state index in [9.17, 15) is 23.9 Å². The maximum absolute atomic E-state index is 14.0. The van der Waals surface area contributed by atoms with Gasteiger partial charge in [0.15, 0.2) is 11.5 Å². The third-order valence-electron chi connectivity index (χ3n) is 6.84. The molecular formula is C28H35FN4O5. The fourth-order valence-corrected chi connectivity index (χ4v) is 4.55. The number of aromatic nitrogens is 2. The van der Waals surface area contributed by atoms with Gasteiger partial charge in [0.25, 0.3) is 5.56 Å². The van der Waals surface area contributed by atoms with Gasteiger partial charge in [0, 0.05) is 32.7 Å². The summed E-state index contributed by atoms with van der Waals surface area (Å²) in [5.74, 6) is -1.90. The first-order chi connectivity index (χ1) is 18.1. The maximum atomic E-state index is 14.0. The zero-order chi connectivity index (χ0) is 28.0. The first-order valence-electron chi connectivity index (χ1n) is 12.6. The van der Waals surface area contributed by atoms with E-state index in [1.165, 1.54) is 28.6 Å². The van der Waals surface area contributed by atoms with E-state index in [-0.39, 0.29) is 37.6 Å². The Bertz CT molecular complexity index is 1270. The van der Waals surface area contributed by atoms with Crippen LogP contribution in [-0.2, 0) is 16.0 Å². The van der Waals surface area contributed by atoms with Crippen molar-refractivity contribution >= 4 is 17.4 Å². The number of nitrogens with zero attached hydrogens (tertiary/aromatic N) is 4. The predicted molar refractivity (Wildman–Crippen MR) is 143 cm³/mol. The third-order valence-corrected chi connectivity index (χ3v) is 6.84. The number of benzene rings is 1. The Kier molecular flexibility index (Phi) is 9.57. The number of ether oxygens (including phenoxy) is 1. The van der Waals surface area contributed by atoms with E-state index in [4.69, 9.17) is 4.74 Å². The molecule has 1 aromatic heterocycles. The molecule has 0 radical (unpaired) electrons. The van der Waals surface area contributed by atoms with Crippen LogP contribution in [0.3, 0.4) is 0 Å². The highest BCUT2D eigenvalue weighted by molar-refractivity contribution is 5.96. The summed E-state index contributed by atoms with van der Waals surface area (Å²) in [6.45, 7) is 9.97. The molecule has 2 aromatic rings. The second-order valence-corrected chi connectivity index (χ2v) is 9.31. The Hall–Kier alpha value is -3.79. The summed E-state index contributed by atoms with van der Waals surface area (Å²) < 4.78 is 21.1. The van der Waals surface area contributed by atoms with Gasteiger partial charge < -0.3 is 19.6 Å². The molecule has 1 aromatic carbocycles. The average molecular weight is 527 g/mol. The van der Waals surface area contributed by atoms with Crippen molar-refractivity contribution in [3.05, 3.63) is 76.8 Å². The fourth-order valence-electron chi connectivity index (χ4n) is 4.55. The molecule has 3 rings (SSSR count). The quantitative estimate of drug-likeness (QED) is 0.271. The van der Waals surface area contributed by atoms with E-state index in [1.54, 1.807) is 12.1 Å². The molecule has 1 N–H and O–H groups in total. The monoisotopic (exact) mass is 526 g/mol. The number of rotatable bonds is 11. The van der Waals surface area contributed by atoms with Crippen molar-refractivity contribution in [2.75, 3.05) is 38.8 Å². The Morgan fingerprint density at radius 2 is 2.03 bits per heavy atom. The van der Waals surface area contributed by atoms with E-state index in [2.05, 4.69) is 18.1 Å². The van der Waals surface area contributed by atoms with Gasteiger partial charge in [-0.3, -0.25) is 19.0 Å². The molecule has 0 spiro atoms. The molecule has 1 aliphatic heterocycles. The Labute approximate surface area is 221 Å². The summed E-state index contributed by atoms with van der Waals surface area (Å²) in [6.07, 6.45) is 4.30. The van der Waals surface area contributed by atoms with Gasteiger partial charge in [0.1, 0.15) is 17.7 Å². The number of carbonyl (C=O) groups excluding carboxylic acids is 2. The van der Waals surface area contributed by atoms with E-state index < -0.39 is 40.9 Å². The van der Waals surface area contributed by atoms with Crippen molar-refractivity contribution in [2.45, 2.75) is 44.7 Å². The zero-order valence-electron chi connectivity index (χ0n) is 22.2. The van der Waals surface area contributed by atoms with Gasteiger partial charge in [0.2, 0.25) is 11.7 Å². The number of carbonyl (C=O) groups is 2. The fraction of sp³-hybridized carbons (Fsp3) is 0.429. The molecule has 2 heterocycles. The Morgan fingerprint density at radius 3 is 2.68 bits per heavy atom. The number of hydrogen-bond acceptors (Lipinski definition) is 7. The first kappa shape index (κ1) is 28.8. The number of aryl methyl sites for hydroxylation is 1. The van der Waals surface area contributed by atoms with Crippen molar-refractivity contribution in [2.24, 2.45) is 0 Å². The summed E-state index contributed by atoms with van der Waals surface area (Å²) in [6, 6.07) is 3.17. The summed E-state index contributed by atoms with van der Waals surface area (Å²) in [5.41, 5.74) is 0.273. The molecule has 0 unspecified atom stereocenters. The topological polar surface area (TPSA) is 105 Å². The maximum Gasteiger partial charge on any atom is 0.296 e. The highest BCUT2D eigenvalue weighted by Gasteiger charge is 2.34. The SMILES string of the molecule is C=CCCN(C)c1cc(F)ccc1CCC(=O)c1nc2n(c(=O)c1O)[C@@H](CC)COC[C@H]2N(C)C(=O)C=C. The van der Waals surface area contributed by atoms with E-state index in [0.717, 1.165) is 11.6 Å². The number of hydrogen-bond donors (Lipinski definition) is 1. The number of likely N-dealkylation sites (N-methyl/N-ethyl adjacent to an activating group) is 1. The lowest BCUT2D eigenvalue weighted by molar-refractivity contribution is -0.128. The second kappa shape index (κ2) is 12.6. The zero-order valence-corrected chi connectivity index (χ0v) is 22.2. The molecule has 0 saturated carbocycles. The molecule has 1 amide bonds. The first-order valence-corrected chi connectivity index (χ1v) is 12.6. The van der Waals surface area contributed by atoms with E-state index in [1.807, 2.05) is 18.9 Å². The van der Waals surface area contributed by atoms with Crippen molar-refractivity contribution < 1.29 is 23.8 Å². The molecule has 0 bridgehead atoms. The van der Waals surface area contributed by atoms with Crippen LogP contribution < -0.4 is 10.5 Å². The van der Waals surface area contributed by atoms with Crippen molar-refractivity contribution in [1.82, 2.24) is 14.5 Å². The van der Waals surface area contributed by atoms with Crippen LogP contribution in [0, 0.1) is 5.82 Å². The van der Waals surface area contributed by atoms with Gasteiger partial charge in [-0.1, -0.05) is 25.6 Å². The summed E-state index contributed by atoms with van der Waals surface area (Å²) >= 11 is 0. The average Bonchev–Trinajstić information content (AvgIpc) is 3.11. The largest absolute Gasteiger partial charge is 0.501 e. The van der Waals surface area contributed by atoms with Gasteiger partial charge in [-0.15, -0.1) is 6.58 Å². The number of aromatic hydroxyl groups is 1. The minimum Gasteiger partial charge on any atom is -0.501 e. The summed E-state index contributed by atoms with van der Waals surface area (Å²) in [4.78, 5) is 46.7. The van der Waals surface area contributed by atoms with Crippen molar-refractivity contribution in [1.29, 1.82) is 0 Å². The summed E-state index contributed by atoms with van der Waals surface area (Å²) in [7, 11) is 3.37. The van der Waals surface area contributed by atoms with Crippen LogP contribution in [0.1, 0.15) is 60.1 Å². The van der Waals surface area contributed by atoms with Gasteiger partial charge >= 0.3 is 0 Å². The Morgan fingerprint density at radius 1 is 1.29 bits per heavy atom. The number of anilines is 1. The normalized spacial score (nSPS) is 16.7. The summed E-state index contributed by atoms with van der Waals surface area (Å²) in [5, 5.41) is 10.8.